The zero-order chi connectivity index (χ0) is 23.9. The minimum Gasteiger partial charge on any atom is -0.415 e. The zero-order valence-electron chi connectivity index (χ0n) is 17.4. The van der Waals surface area contributed by atoms with E-state index in [0.29, 0.717) is 28.6 Å². The third kappa shape index (κ3) is 6.06. The number of nitro benzene ring substituents is 1. The third-order valence-corrected chi connectivity index (χ3v) is 5.56. The van der Waals surface area contributed by atoms with E-state index in [9.17, 15) is 14.9 Å². The van der Waals surface area contributed by atoms with Crippen LogP contribution in [0.3, 0.4) is 0 Å². The Balaban J connectivity index is 1.55. The Morgan fingerprint density at radius 3 is 2.41 bits per heavy atom. The summed E-state index contributed by atoms with van der Waals surface area (Å²) >= 11 is 6.84. The Morgan fingerprint density at radius 1 is 1.03 bits per heavy atom. The molecule has 0 saturated heterocycles. The first kappa shape index (κ1) is 23.1. The van der Waals surface area contributed by atoms with Crippen molar-refractivity contribution in [3.05, 3.63) is 111 Å². The van der Waals surface area contributed by atoms with Gasteiger partial charge in [-0.15, -0.1) is 10.2 Å². The highest BCUT2D eigenvalue weighted by Gasteiger charge is 2.20. The van der Waals surface area contributed by atoms with Gasteiger partial charge in [-0.1, -0.05) is 41.9 Å². The molecule has 0 fully saturated rings. The van der Waals surface area contributed by atoms with Crippen LogP contribution in [0.25, 0.3) is 0 Å². The lowest BCUT2D eigenvalue weighted by atomic mass is 10.1. The van der Waals surface area contributed by atoms with Crippen LogP contribution >= 0.6 is 23.4 Å². The standard InChI is InChI=1S/C23H16ClN5O4S/c24-17-8-6-16(7-9-17)21(30)22(27-25-18-10-12-19(13-11-18)29(31)32)34-23-28-26-20(33-23)14-15-4-2-1-3-5-15/h1-13,25H,14H2. The van der Waals surface area contributed by atoms with Crippen LogP contribution in [0.4, 0.5) is 11.4 Å². The Kier molecular flexibility index (Phi) is 7.31. The molecule has 0 radical (unpaired) electrons. The number of halogens is 1. The third-order valence-electron chi connectivity index (χ3n) is 4.50. The quantitative estimate of drug-likeness (QED) is 0.0837. The topological polar surface area (TPSA) is 124 Å². The van der Waals surface area contributed by atoms with Gasteiger partial charge in [0.1, 0.15) is 0 Å². The molecule has 1 aromatic heterocycles. The van der Waals surface area contributed by atoms with Crippen molar-refractivity contribution < 1.29 is 14.1 Å². The molecule has 11 heteroatoms. The minimum absolute atomic E-state index is 0.0376. The molecule has 0 bridgehead atoms. The van der Waals surface area contributed by atoms with Crippen molar-refractivity contribution in [2.24, 2.45) is 5.10 Å². The molecule has 4 aromatic rings. The number of aromatic nitrogens is 2. The monoisotopic (exact) mass is 493 g/mol. The summed E-state index contributed by atoms with van der Waals surface area (Å²) < 4.78 is 5.70. The zero-order valence-corrected chi connectivity index (χ0v) is 19.0. The first-order valence-electron chi connectivity index (χ1n) is 9.90. The second-order valence-electron chi connectivity index (χ2n) is 6.89. The molecule has 3 aromatic carbocycles. The van der Waals surface area contributed by atoms with Crippen LogP contribution in [0.2, 0.25) is 5.02 Å². The lowest BCUT2D eigenvalue weighted by Gasteiger charge is -2.05. The number of nitro groups is 1. The van der Waals surface area contributed by atoms with E-state index in [1.54, 1.807) is 24.3 Å². The molecule has 0 spiro atoms. The summed E-state index contributed by atoms with van der Waals surface area (Å²) in [6, 6.07) is 21.7. The van der Waals surface area contributed by atoms with Crippen LogP contribution in [0.1, 0.15) is 21.8 Å². The molecular formula is C23H16ClN5O4S. The van der Waals surface area contributed by atoms with Crippen LogP contribution in [-0.4, -0.2) is 25.9 Å². The van der Waals surface area contributed by atoms with Crippen LogP contribution < -0.4 is 5.43 Å². The van der Waals surface area contributed by atoms with Crippen molar-refractivity contribution in [3.8, 4) is 0 Å². The fourth-order valence-electron chi connectivity index (χ4n) is 2.82. The maximum atomic E-state index is 13.1. The average Bonchev–Trinajstić information content (AvgIpc) is 3.29. The van der Waals surface area contributed by atoms with E-state index in [-0.39, 0.29) is 21.7 Å². The first-order valence-corrected chi connectivity index (χ1v) is 11.1. The van der Waals surface area contributed by atoms with Gasteiger partial charge in [0.05, 0.1) is 17.0 Å². The molecule has 0 aliphatic carbocycles. The second-order valence-corrected chi connectivity index (χ2v) is 8.27. The highest BCUT2D eigenvalue weighted by atomic mass is 35.5. The molecule has 9 nitrogen and oxygen atoms in total. The number of hydrazone groups is 1. The van der Waals surface area contributed by atoms with Gasteiger partial charge in [0.15, 0.2) is 5.04 Å². The summed E-state index contributed by atoms with van der Waals surface area (Å²) in [5.41, 5.74) is 4.53. The number of benzene rings is 3. The van der Waals surface area contributed by atoms with Gasteiger partial charge in [-0.2, -0.15) is 5.10 Å². The number of carbonyl (C=O) groups is 1. The van der Waals surface area contributed by atoms with E-state index in [2.05, 4.69) is 20.7 Å². The van der Waals surface area contributed by atoms with Gasteiger partial charge in [-0.25, -0.2) is 0 Å². The van der Waals surface area contributed by atoms with Crippen LogP contribution in [-0.2, 0) is 6.42 Å². The minimum atomic E-state index is -0.499. The number of ketones is 1. The van der Waals surface area contributed by atoms with E-state index >= 15 is 0 Å². The SMILES string of the molecule is O=C(C(=NNc1ccc([N+](=O)[O-])cc1)Sc1nnc(Cc2ccccc2)o1)c1ccc(Cl)cc1. The van der Waals surface area contributed by atoms with Crippen molar-refractivity contribution in [2.75, 3.05) is 5.43 Å². The van der Waals surface area contributed by atoms with Crippen molar-refractivity contribution in [2.45, 2.75) is 11.6 Å². The summed E-state index contributed by atoms with van der Waals surface area (Å²) in [6.45, 7) is 0. The number of rotatable bonds is 8. The fourth-order valence-corrected chi connectivity index (χ4v) is 3.63. The van der Waals surface area contributed by atoms with Gasteiger partial charge in [-0.05, 0) is 53.7 Å². The summed E-state index contributed by atoms with van der Waals surface area (Å²) in [6.07, 6.45) is 0.451. The average molecular weight is 494 g/mol. The van der Waals surface area contributed by atoms with Crippen molar-refractivity contribution in [3.63, 3.8) is 0 Å². The van der Waals surface area contributed by atoms with Gasteiger partial charge in [-0.3, -0.25) is 20.3 Å². The van der Waals surface area contributed by atoms with E-state index in [4.69, 9.17) is 16.0 Å². The highest BCUT2D eigenvalue weighted by molar-refractivity contribution is 8.15. The lowest BCUT2D eigenvalue weighted by molar-refractivity contribution is -0.384. The van der Waals surface area contributed by atoms with Crippen LogP contribution in [0.15, 0.2) is 93.6 Å². The number of carbonyl (C=O) groups excluding carboxylic acids is 1. The Morgan fingerprint density at radius 2 is 1.74 bits per heavy atom. The molecule has 1 heterocycles. The Bertz CT molecular complexity index is 1330. The summed E-state index contributed by atoms with van der Waals surface area (Å²) in [5.74, 6) is 0.00853. The molecule has 170 valence electrons. The van der Waals surface area contributed by atoms with Crippen molar-refractivity contribution in [1.29, 1.82) is 0 Å². The van der Waals surface area contributed by atoms with Gasteiger partial charge in [0.25, 0.3) is 10.9 Å². The largest absolute Gasteiger partial charge is 0.415 e. The molecule has 4 rings (SSSR count). The van der Waals surface area contributed by atoms with Crippen molar-refractivity contribution in [1.82, 2.24) is 10.2 Å². The summed E-state index contributed by atoms with van der Waals surface area (Å²) in [4.78, 5) is 23.5. The van der Waals surface area contributed by atoms with Crippen LogP contribution in [0.5, 0.6) is 0 Å². The molecule has 0 amide bonds. The lowest BCUT2D eigenvalue weighted by Crippen LogP contribution is -2.13. The van der Waals surface area contributed by atoms with Gasteiger partial charge < -0.3 is 4.42 Å². The number of anilines is 1. The van der Waals surface area contributed by atoms with E-state index in [1.165, 1.54) is 24.3 Å². The fraction of sp³-hybridized carbons (Fsp3) is 0.0435. The molecule has 0 aliphatic heterocycles. The predicted octanol–water partition coefficient (Wildman–Crippen LogP) is 5.62. The highest BCUT2D eigenvalue weighted by Crippen LogP contribution is 2.23. The number of nitrogens with zero attached hydrogens (tertiary/aromatic N) is 4. The second kappa shape index (κ2) is 10.7. The summed E-state index contributed by atoms with van der Waals surface area (Å²) in [5, 5.41) is 23.8. The maximum Gasteiger partial charge on any atom is 0.283 e. The number of Topliss-reactive ketones (excluding diaryl/α,β-unsaturated/α-hetero) is 1. The van der Waals surface area contributed by atoms with E-state index < -0.39 is 4.92 Å². The molecule has 0 atom stereocenters. The molecule has 0 unspecified atom stereocenters. The molecule has 34 heavy (non-hydrogen) atoms. The van der Waals surface area contributed by atoms with Gasteiger partial charge in [0.2, 0.25) is 11.7 Å². The molecule has 0 saturated carbocycles. The number of thioether (sulfide) groups is 1. The Hall–Kier alpha value is -4.02. The van der Waals surface area contributed by atoms with Gasteiger partial charge >= 0.3 is 0 Å². The smallest absolute Gasteiger partial charge is 0.283 e. The Labute approximate surface area is 203 Å². The van der Waals surface area contributed by atoms with E-state index in [1.807, 2.05) is 30.3 Å². The molecule has 0 aliphatic rings. The van der Waals surface area contributed by atoms with Gasteiger partial charge in [0, 0.05) is 22.7 Å². The predicted molar refractivity (Wildman–Crippen MR) is 129 cm³/mol. The van der Waals surface area contributed by atoms with E-state index in [0.717, 1.165) is 17.3 Å². The number of nitrogens with one attached hydrogen (secondary N) is 1. The normalized spacial score (nSPS) is 11.3. The molecular weight excluding hydrogens is 478 g/mol. The van der Waals surface area contributed by atoms with Crippen LogP contribution in [0, 0.1) is 10.1 Å². The number of hydrogen-bond donors (Lipinski definition) is 1. The maximum absolute atomic E-state index is 13.1. The number of non-ortho nitro benzene ring substituents is 1. The summed E-state index contributed by atoms with van der Waals surface area (Å²) in [7, 11) is 0. The molecule has 1 N–H and O–H groups in total. The first-order chi connectivity index (χ1) is 16.5. The number of hydrogen-bond acceptors (Lipinski definition) is 9. The van der Waals surface area contributed by atoms with Crippen molar-refractivity contribution >= 4 is 45.6 Å².